The van der Waals surface area contributed by atoms with Crippen LogP contribution in [-0.4, -0.2) is 25.6 Å². The predicted molar refractivity (Wildman–Crippen MR) is 85.9 cm³/mol. The van der Waals surface area contributed by atoms with Gasteiger partial charge in [0.1, 0.15) is 18.1 Å². The van der Waals surface area contributed by atoms with Crippen molar-refractivity contribution in [1.29, 1.82) is 0 Å². The number of aryl methyl sites for hydroxylation is 1. The lowest BCUT2D eigenvalue weighted by molar-refractivity contribution is 0.0461. The highest BCUT2D eigenvalue weighted by Crippen LogP contribution is 2.40. The maximum Gasteiger partial charge on any atom is 0.359 e. The zero-order valence-electron chi connectivity index (χ0n) is 13.2. The molecule has 3 aromatic rings. The third-order valence-electron chi connectivity index (χ3n) is 4.05. The average Bonchev–Trinajstić information content (AvgIpc) is 3.34. The van der Waals surface area contributed by atoms with Crippen LogP contribution in [0.25, 0.3) is 5.52 Å². The highest BCUT2D eigenvalue weighted by Gasteiger charge is 2.30. The average molecular weight is 324 g/mol. The van der Waals surface area contributed by atoms with Crippen LogP contribution in [0.15, 0.2) is 35.3 Å². The summed E-state index contributed by atoms with van der Waals surface area (Å²) in [6.07, 6.45) is 4.08. The summed E-state index contributed by atoms with van der Waals surface area (Å²) < 4.78 is 7.19. The number of H-pyrrole nitrogens is 1. The third kappa shape index (κ3) is 2.58. The maximum atomic E-state index is 12.4. The number of esters is 1. The Hall–Kier alpha value is -2.96. The van der Waals surface area contributed by atoms with Crippen LogP contribution in [0.1, 0.15) is 46.5 Å². The van der Waals surface area contributed by atoms with E-state index in [0.717, 1.165) is 24.2 Å². The monoisotopic (exact) mass is 324 g/mol. The largest absolute Gasteiger partial charge is 0.454 e. The molecule has 0 atom stereocenters. The Labute approximate surface area is 137 Å². The van der Waals surface area contributed by atoms with E-state index >= 15 is 0 Å². The van der Waals surface area contributed by atoms with Gasteiger partial charge in [0, 0.05) is 23.9 Å². The predicted octanol–water partition coefficient (Wildman–Crippen LogP) is 1.96. The molecule has 24 heavy (non-hydrogen) atoms. The summed E-state index contributed by atoms with van der Waals surface area (Å²) in [4.78, 5) is 28.7. The van der Waals surface area contributed by atoms with Gasteiger partial charge in [0.2, 0.25) is 5.43 Å². The summed E-state index contributed by atoms with van der Waals surface area (Å²) in [5, 5.41) is 6.61. The van der Waals surface area contributed by atoms with Crippen LogP contribution in [0.2, 0.25) is 0 Å². The zero-order chi connectivity index (χ0) is 16.7. The van der Waals surface area contributed by atoms with E-state index in [4.69, 9.17) is 4.74 Å². The molecule has 7 heteroatoms. The normalized spacial score (nSPS) is 14.0. The molecule has 0 amide bonds. The van der Waals surface area contributed by atoms with Crippen LogP contribution >= 0.6 is 0 Å². The van der Waals surface area contributed by atoms with Gasteiger partial charge >= 0.3 is 5.97 Å². The van der Waals surface area contributed by atoms with Gasteiger partial charge in [0.05, 0.1) is 5.52 Å². The molecule has 4 rings (SSSR count). The Bertz CT molecular complexity index is 985. The molecule has 1 fully saturated rings. The zero-order valence-corrected chi connectivity index (χ0v) is 13.2. The van der Waals surface area contributed by atoms with Crippen molar-refractivity contribution in [2.75, 3.05) is 0 Å². The molecule has 3 aromatic heterocycles. The van der Waals surface area contributed by atoms with E-state index in [9.17, 15) is 9.59 Å². The summed E-state index contributed by atoms with van der Waals surface area (Å²) in [6, 6.07) is 7.03. The van der Waals surface area contributed by atoms with Gasteiger partial charge in [-0.1, -0.05) is 6.07 Å². The molecule has 1 aliphatic carbocycles. The first kappa shape index (κ1) is 14.6. The number of carbonyl (C=O) groups excluding carboxylic acids is 1. The SMILES string of the molecule is Cc1cc(=O)c(COC(=O)c2nc(C3CC3)n3ccccc23)n[nH]1. The van der Waals surface area contributed by atoms with Crippen LogP contribution in [0, 0.1) is 6.92 Å². The minimum absolute atomic E-state index is 0.167. The molecule has 0 saturated heterocycles. The molecule has 1 N–H and O–H groups in total. The molecule has 122 valence electrons. The van der Waals surface area contributed by atoms with Crippen molar-refractivity contribution in [1.82, 2.24) is 19.6 Å². The molecule has 0 radical (unpaired) electrons. The van der Waals surface area contributed by atoms with Gasteiger partial charge in [-0.3, -0.25) is 9.89 Å². The van der Waals surface area contributed by atoms with Crippen LogP contribution in [0.5, 0.6) is 0 Å². The van der Waals surface area contributed by atoms with Crippen molar-refractivity contribution in [2.45, 2.75) is 32.3 Å². The fourth-order valence-corrected chi connectivity index (χ4v) is 2.67. The molecule has 0 unspecified atom stereocenters. The van der Waals surface area contributed by atoms with Crippen molar-refractivity contribution < 1.29 is 9.53 Å². The van der Waals surface area contributed by atoms with Gasteiger partial charge in [-0.15, -0.1) is 0 Å². The smallest absolute Gasteiger partial charge is 0.359 e. The molecular weight excluding hydrogens is 308 g/mol. The van der Waals surface area contributed by atoms with E-state index in [1.54, 1.807) is 6.92 Å². The number of aromatic nitrogens is 4. The summed E-state index contributed by atoms with van der Waals surface area (Å²) in [7, 11) is 0. The van der Waals surface area contributed by atoms with Crippen LogP contribution in [0.4, 0.5) is 0 Å². The van der Waals surface area contributed by atoms with Gasteiger partial charge in [-0.25, -0.2) is 9.78 Å². The first-order valence-electron chi connectivity index (χ1n) is 7.83. The number of hydrogen-bond donors (Lipinski definition) is 1. The number of pyridine rings is 1. The van der Waals surface area contributed by atoms with Crippen molar-refractivity contribution >= 4 is 11.5 Å². The number of carbonyl (C=O) groups is 1. The minimum atomic E-state index is -0.549. The standard InChI is InChI=1S/C17H16N4O3/c1-10-8-14(22)12(20-19-10)9-24-17(23)15-13-4-2-3-7-21(13)16(18-15)11-5-6-11/h2-4,7-8,11H,5-6,9H2,1H3,(H,19,22). The van der Waals surface area contributed by atoms with E-state index in [1.807, 2.05) is 28.8 Å². The molecular formula is C17H16N4O3. The molecule has 1 aliphatic rings. The van der Waals surface area contributed by atoms with Crippen LogP contribution < -0.4 is 5.43 Å². The number of ether oxygens (including phenoxy) is 1. The number of hydrogen-bond acceptors (Lipinski definition) is 5. The van der Waals surface area contributed by atoms with Gasteiger partial charge in [0.15, 0.2) is 5.69 Å². The summed E-state index contributed by atoms with van der Waals surface area (Å²) in [5.41, 5.74) is 1.56. The van der Waals surface area contributed by atoms with E-state index in [-0.39, 0.29) is 23.4 Å². The van der Waals surface area contributed by atoms with Gasteiger partial charge in [-0.2, -0.15) is 5.10 Å². The van der Waals surface area contributed by atoms with E-state index in [2.05, 4.69) is 15.2 Å². The number of rotatable bonds is 4. The number of nitrogens with one attached hydrogen (secondary N) is 1. The Morgan fingerprint density at radius 1 is 1.42 bits per heavy atom. The lowest BCUT2D eigenvalue weighted by Gasteiger charge is -2.02. The second-order valence-corrected chi connectivity index (χ2v) is 5.99. The number of aromatic amines is 1. The maximum absolute atomic E-state index is 12.4. The number of imidazole rings is 1. The number of nitrogens with zero attached hydrogens (tertiary/aromatic N) is 3. The van der Waals surface area contributed by atoms with Crippen LogP contribution in [-0.2, 0) is 11.3 Å². The van der Waals surface area contributed by atoms with Gasteiger partial charge in [0.25, 0.3) is 0 Å². The second kappa shape index (κ2) is 5.59. The van der Waals surface area contributed by atoms with Gasteiger partial charge < -0.3 is 9.14 Å². The molecule has 0 aliphatic heterocycles. The Kier molecular flexibility index (Phi) is 3.41. The Morgan fingerprint density at radius 3 is 3.00 bits per heavy atom. The Morgan fingerprint density at radius 2 is 2.25 bits per heavy atom. The molecule has 1 saturated carbocycles. The molecule has 0 spiro atoms. The first-order valence-corrected chi connectivity index (χ1v) is 7.83. The fraction of sp³-hybridized carbons (Fsp3) is 0.294. The lowest BCUT2D eigenvalue weighted by atomic mass is 10.3. The summed E-state index contributed by atoms with van der Waals surface area (Å²) >= 11 is 0. The highest BCUT2D eigenvalue weighted by atomic mass is 16.5. The number of fused-ring (bicyclic) bond motifs is 1. The lowest BCUT2D eigenvalue weighted by Crippen LogP contribution is -2.16. The van der Waals surface area contributed by atoms with Crippen LogP contribution in [0.3, 0.4) is 0 Å². The molecule has 0 aromatic carbocycles. The van der Waals surface area contributed by atoms with Crippen molar-refractivity contribution in [3.8, 4) is 0 Å². The third-order valence-corrected chi connectivity index (χ3v) is 4.05. The minimum Gasteiger partial charge on any atom is -0.454 e. The second-order valence-electron chi connectivity index (χ2n) is 5.99. The van der Waals surface area contributed by atoms with Crippen molar-refractivity contribution in [2.24, 2.45) is 0 Å². The Balaban J connectivity index is 1.60. The summed E-state index contributed by atoms with van der Waals surface area (Å²) in [6.45, 7) is 1.56. The van der Waals surface area contributed by atoms with Gasteiger partial charge in [-0.05, 0) is 31.9 Å². The summed E-state index contributed by atoms with van der Waals surface area (Å²) in [5.74, 6) is 0.749. The van der Waals surface area contributed by atoms with E-state index in [0.29, 0.717) is 11.6 Å². The van der Waals surface area contributed by atoms with E-state index < -0.39 is 5.97 Å². The van der Waals surface area contributed by atoms with E-state index in [1.165, 1.54) is 6.07 Å². The fourth-order valence-electron chi connectivity index (χ4n) is 2.67. The van der Waals surface area contributed by atoms with Crippen molar-refractivity contribution in [3.63, 3.8) is 0 Å². The highest BCUT2D eigenvalue weighted by molar-refractivity contribution is 5.95. The molecule has 7 nitrogen and oxygen atoms in total. The molecule has 3 heterocycles. The molecule has 0 bridgehead atoms. The van der Waals surface area contributed by atoms with Crippen molar-refractivity contribution in [3.05, 3.63) is 63.6 Å². The quantitative estimate of drug-likeness (QED) is 0.741. The topological polar surface area (TPSA) is 89.3 Å². The first-order chi connectivity index (χ1) is 11.6.